The zero-order chi connectivity index (χ0) is 23.9. The van der Waals surface area contributed by atoms with E-state index in [4.69, 9.17) is 14.0 Å². The molecule has 1 saturated heterocycles. The monoisotopic (exact) mass is 451 g/mol. The van der Waals surface area contributed by atoms with Crippen LogP contribution in [0.25, 0.3) is 6.08 Å². The second-order valence-electron chi connectivity index (χ2n) is 9.25. The Kier molecular flexibility index (Phi) is 8.35. The summed E-state index contributed by atoms with van der Waals surface area (Å²) in [4.78, 5) is 12.4. The molecule has 1 aliphatic rings. The molecule has 7 heteroatoms. The van der Waals surface area contributed by atoms with Crippen LogP contribution in [0.4, 0.5) is 4.79 Å². The minimum Gasteiger partial charge on any atom is -0.445 e. The Hall–Kier alpha value is -2.61. The highest BCUT2D eigenvalue weighted by atomic mass is 16.7. The molecule has 0 radical (unpaired) electrons. The molecule has 1 aliphatic heterocycles. The molecule has 0 spiro atoms. The van der Waals surface area contributed by atoms with E-state index in [0.29, 0.717) is 6.42 Å². The van der Waals surface area contributed by atoms with Crippen molar-refractivity contribution in [2.75, 3.05) is 13.2 Å². The van der Waals surface area contributed by atoms with E-state index in [-0.39, 0.29) is 19.8 Å². The van der Waals surface area contributed by atoms with Crippen molar-refractivity contribution in [3.8, 4) is 0 Å². The van der Waals surface area contributed by atoms with Crippen molar-refractivity contribution < 1.29 is 23.9 Å². The molecule has 0 atom stereocenters. The Morgan fingerprint density at radius 3 is 2.33 bits per heavy atom. The molecule has 0 saturated carbocycles. The van der Waals surface area contributed by atoms with Gasteiger partial charge in [0, 0.05) is 13.2 Å². The third-order valence-corrected chi connectivity index (χ3v) is 6.21. The molecular formula is C26H34BNO5. The fourth-order valence-corrected chi connectivity index (χ4v) is 3.52. The summed E-state index contributed by atoms with van der Waals surface area (Å²) in [6, 6.07) is 17.6. The second kappa shape index (κ2) is 11.0. The molecule has 1 fully saturated rings. The number of benzene rings is 2. The van der Waals surface area contributed by atoms with E-state index in [0.717, 1.165) is 28.6 Å². The van der Waals surface area contributed by atoms with E-state index in [1.165, 1.54) is 0 Å². The molecule has 2 aromatic carbocycles. The fourth-order valence-electron chi connectivity index (χ4n) is 3.52. The first-order valence-corrected chi connectivity index (χ1v) is 11.4. The van der Waals surface area contributed by atoms with Gasteiger partial charge in [0.15, 0.2) is 0 Å². The van der Waals surface area contributed by atoms with Crippen LogP contribution in [0.2, 0.25) is 0 Å². The van der Waals surface area contributed by atoms with Crippen molar-refractivity contribution in [2.24, 2.45) is 0 Å². The highest BCUT2D eigenvalue weighted by molar-refractivity contribution is 6.56. The van der Waals surface area contributed by atoms with Gasteiger partial charge in [0.2, 0.25) is 0 Å². The normalized spacial score (nSPS) is 17.1. The van der Waals surface area contributed by atoms with E-state index in [1.807, 2.05) is 88.4 Å². The lowest BCUT2D eigenvalue weighted by Crippen LogP contribution is -2.41. The Morgan fingerprint density at radius 1 is 1.03 bits per heavy atom. The molecule has 2 N–H and O–H groups in total. The van der Waals surface area contributed by atoms with Gasteiger partial charge in [-0.05, 0) is 62.7 Å². The first kappa shape index (κ1) is 25.0. The number of hydrogen-bond acceptors (Lipinski definition) is 5. The third-order valence-electron chi connectivity index (χ3n) is 6.21. The molecule has 0 aliphatic carbocycles. The standard InChI is InChI=1S/C26H34BNO5/c1-25(2)26(3,4)33-27(32-25)23(17-22-14-9-8-13-21(22)15-10-16-29)18-28-24(30)31-19-20-11-6-5-7-12-20/h5-9,11-14,17,29H,10,15-16,18-19H2,1-4H3,(H,28,30). The van der Waals surface area contributed by atoms with Gasteiger partial charge in [-0.25, -0.2) is 4.79 Å². The van der Waals surface area contributed by atoms with Gasteiger partial charge in [-0.15, -0.1) is 0 Å². The quantitative estimate of drug-likeness (QED) is 0.547. The predicted octanol–water partition coefficient (Wildman–Crippen LogP) is 4.55. The van der Waals surface area contributed by atoms with Crippen molar-refractivity contribution in [2.45, 2.75) is 58.3 Å². The summed E-state index contributed by atoms with van der Waals surface area (Å²) < 4.78 is 17.9. The van der Waals surface area contributed by atoms with Gasteiger partial charge in [0.1, 0.15) is 6.61 Å². The Labute approximate surface area is 197 Å². The first-order valence-electron chi connectivity index (χ1n) is 11.4. The van der Waals surface area contributed by atoms with E-state index in [1.54, 1.807) is 0 Å². The summed E-state index contributed by atoms with van der Waals surface area (Å²) in [7, 11) is -0.602. The highest BCUT2D eigenvalue weighted by Gasteiger charge is 2.52. The molecule has 0 unspecified atom stereocenters. The number of rotatable bonds is 9. The van der Waals surface area contributed by atoms with Crippen molar-refractivity contribution >= 4 is 19.3 Å². The predicted molar refractivity (Wildman–Crippen MR) is 131 cm³/mol. The maximum Gasteiger partial charge on any atom is 0.492 e. The highest BCUT2D eigenvalue weighted by Crippen LogP contribution is 2.38. The molecule has 0 aromatic heterocycles. The summed E-state index contributed by atoms with van der Waals surface area (Å²) >= 11 is 0. The van der Waals surface area contributed by atoms with Crippen LogP contribution in [0, 0.1) is 0 Å². The number of nitrogens with one attached hydrogen (secondary N) is 1. The van der Waals surface area contributed by atoms with Crippen LogP contribution >= 0.6 is 0 Å². The summed E-state index contributed by atoms with van der Waals surface area (Å²) in [6.07, 6.45) is 2.94. The molecule has 33 heavy (non-hydrogen) atoms. The van der Waals surface area contributed by atoms with Crippen LogP contribution in [0.3, 0.4) is 0 Å². The minimum atomic E-state index is -0.602. The van der Waals surface area contributed by atoms with Gasteiger partial charge in [-0.1, -0.05) is 60.7 Å². The largest absolute Gasteiger partial charge is 0.492 e. The van der Waals surface area contributed by atoms with Gasteiger partial charge in [0.25, 0.3) is 0 Å². The third kappa shape index (κ3) is 6.70. The average Bonchev–Trinajstić information content (AvgIpc) is 3.01. The molecular weight excluding hydrogens is 417 g/mol. The topological polar surface area (TPSA) is 77.0 Å². The number of hydrogen-bond donors (Lipinski definition) is 2. The second-order valence-corrected chi connectivity index (χ2v) is 9.25. The van der Waals surface area contributed by atoms with E-state index in [2.05, 4.69) is 5.32 Å². The average molecular weight is 451 g/mol. The first-order chi connectivity index (χ1) is 15.7. The number of carbonyl (C=O) groups is 1. The van der Waals surface area contributed by atoms with Crippen LogP contribution in [0.1, 0.15) is 50.8 Å². The van der Waals surface area contributed by atoms with Crippen molar-refractivity contribution in [3.63, 3.8) is 0 Å². The SMILES string of the molecule is CC1(C)OB(C(=Cc2ccccc2CCCO)CNC(=O)OCc2ccccc2)OC1(C)C. The lowest BCUT2D eigenvalue weighted by atomic mass is 9.76. The number of aryl methyl sites for hydroxylation is 1. The Balaban J connectivity index is 1.77. The van der Waals surface area contributed by atoms with E-state index < -0.39 is 24.4 Å². The fraction of sp³-hybridized carbons (Fsp3) is 0.423. The van der Waals surface area contributed by atoms with Gasteiger partial charge in [-0.2, -0.15) is 0 Å². The summed E-state index contributed by atoms with van der Waals surface area (Å²) in [5.41, 5.74) is 2.85. The van der Waals surface area contributed by atoms with E-state index in [9.17, 15) is 9.90 Å². The van der Waals surface area contributed by atoms with Crippen molar-refractivity contribution in [3.05, 3.63) is 76.8 Å². The molecule has 3 rings (SSSR count). The number of aliphatic hydroxyl groups excluding tert-OH is 1. The minimum absolute atomic E-state index is 0.136. The molecule has 6 nitrogen and oxygen atoms in total. The zero-order valence-electron chi connectivity index (χ0n) is 20.0. The van der Waals surface area contributed by atoms with Crippen LogP contribution in [-0.2, 0) is 27.1 Å². The number of alkyl carbamates (subject to hydrolysis) is 1. The Bertz CT molecular complexity index is 942. The number of amides is 1. The zero-order valence-corrected chi connectivity index (χ0v) is 20.0. The van der Waals surface area contributed by atoms with Crippen LogP contribution in [-0.4, -0.2) is 42.7 Å². The van der Waals surface area contributed by atoms with Gasteiger partial charge in [-0.3, -0.25) is 0 Å². The molecule has 2 aromatic rings. The van der Waals surface area contributed by atoms with Gasteiger partial charge >= 0.3 is 13.2 Å². The van der Waals surface area contributed by atoms with Crippen LogP contribution < -0.4 is 5.32 Å². The summed E-state index contributed by atoms with van der Waals surface area (Å²) in [5, 5.41) is 12.1. The smallest absolute Gasteiger partial charge is 0.445 e. The maximum absolute atomic E-state index is 12.4. The van der Waals surface area contributed by atoms with E-state index >= 15 is 0 Å². The lowest BCUT2D eigenvalue weighted by molar-refractivity contribution is 0.00578. The Morgan fingerprint density at radius 2 is 1.67 bits per heavy atom. The van der Waals surface area contributed by atoms with Gasteiger partial charge in [0.05, 0.1) is 11.2 Å². The number of ether oxygens (including phenoxy) is 1. The number of aliphatic hydroxyl groups is 1. The van der Waals surface area contributed by atoms with Crippen LogP contribution in [0.15, 0.2) is 60.1 Å². The molecule has 1 heterocycles. The summed E-state index contributed by atoms with van der Waals surface area (Å²) in [6.45, 7) is 8.56. The molecule has 1 amide bonds. The molecule has 0 bridgehead atoms. The van der Waals surface area contributed by atoms with Crippen molar-refractivity contribution in [1.29, 1.82) is 0 Å². The maximum atomic E-state index is 12.4. The van der Waals surface area contributed by atoms with Crippen molar-refractivity contribution in [1.82, 2.24) is 5.32 Å². The summed E-state index contributed by atoms with van der Waals surface area (Å²) in [5.74, 6) is 0. The molecule has 176 valence electrons. The van der Waals surface area contributed by atoms with Gasteiger partial charge < -0.3 is 24.5 Å². The van der Waals surface area contributed by atoms with Crippen LogP contribution in [0.5, 0.6) is 0 Å². The lowest BCUT2D eigenvalue weighted by Gasteiger charge is -2.32. The number of carbonyl (C=O) groups excluding carboxylic acids is 1.